The van der Waals surface area contributed by atoms with Gasteiger partial charge in [0.15, 0.2) is 0 Å². The Bertz CT molecular complexity index is 1030. The van der Waals surface area contributed by atoms with Gasteiger partial charge in [-0.05, 0) is 91.6 Å². The maximum absolute atomic E-state index is 11.1. The summed E-state index contributed by atoms with van der Waals surface area (Å²) < 4.78 is 0. The van der Waals surface area contributed by atoms with Gasteiger partial charge < -0.3 is 20.8 Å². The summed E-state index contributed by atoms with van der Waals surface area (Å²) in [6, 6.07) is 8.71. The van der Waals surface area contributed by atoms with E-state index in [1.54, 1.807) is 6.07 Å². The fourth-order valence-electron chi connectivity index (χ4n) is 6.64. The molecule has 0 amide bonds. The van der Waals surface area contributed by atoms with Crippen LogP contribution in [0.2, 0.25) is 0 Å². The first-order valence-electron chi connectivity index (χ1n) is 14.4. The van der Waals surface area contributed by atoms with Gasteiger partial charge in [-0.3, -0.25) is 0 Å². The van der Waals surface area contributed by atoms with Crippen molar-refractivity contribution in [2.24, 2.45) is 22.7 Å². The maximum atomic E-state index is 11.1. The lowest BCUT2D eigenvalue weighted by molar-refractivity contribution is 0.159. The van der Waals surface area contributed by atoms with Gasteiger partial charge in [0, 0.05) is 41.7 Å². The lowest BCUT2D eigenvalue weighted by Crippen LogP contribution is -2.36. The first-order chi connectivity index (χ1) is 16.9. The normalized spacial score (nSPS) is 24.5. The molecule has 4 nitrogen and oxygen atoms in total. The van der Waals surface area contributed by atoms with Gasteiger partial charge in [0.25, 0.3) is 0 Å². The highest BCUT2D eigenvalue weighted by Gasteiger charge is 2.30. The van der Waals surface area contributed by atoms with E-state index in [0.717, 1.165) is 33.7 Å². The standard InChI is InChI=1S/C32H50N2O2.2ClH/c1-31(2,3)22-8-12-24(13-9-22)33-19-21-7-16-26-27(30(21)36)17-18-29(35)28(26)20-34-25-14-10-23(11-15-25)32(4,5)6;;/h7,16-18,22-25,33-36H,8-15,19-20H2,1-6H3;2*1H. The molecule has 4 rings (SSSR count). The molecule has 2 saturated carbocycles. The Morgan fingerprint density at radius 1 is 0.632 bits per heavy atom. The van der Waals surface area contributed by atoms with Gasteiger partial charge in [-0.25, -0.2) is 0 Å². The summed E-state index contributed by atoms with van der Waals surface area (Å²) in [6.07, 6.45) is 9.86. The third-order valence-electron chi connectivity index (χ3n) is 9.40. The Balaban J connectivity index is 0.00000253. The number of halogens is 2. The van der Waals surface area contributed by atoms with Crippen LogP contribution < -0.4 is 10.6 Å². The smallest absolute Gasteiger partial charge is 0.127 e. The minimum atomic E-state index is 0. The number of nitrogens with one attached hydrogen (secondary N) is 2. The van der Waals surface area contributed by atoms with Crippen molar-refractivity contribution in [3.05, 3.63) is 35.4 Å². The van der Waals surface area contributed by atoms with Gasteiger partial charge in [0.1, 0.15) is 11.5 Å². The zero-order chi connectivity index (χ0) is 26.1. The molecule has 0 unspecified atom stereocenters. The maximum Gasteiger partial charge on any atom is 0.127 e. The van der Waals surface area contributed by atoms with Crippen LogP contribution in [0.3, 0.4) is 0 Å². The minimum Gasteiger partial charge on any atom is -0.508 e. The topological polar surface area (TPSA) is 64.5 Å². The quantitative estimate of drug-likeness (QED) is 0.283. The van der Waals surface area contributed by atoms with E-state index in [0.29, 0.717) is 47.5 Å². The van der Waals surface area contributed by atoms with E-state index < -0.39 is 0 Å². The first-order valence-corrected chi connectivity index (χ1v) is 14.4. The largest absolute Gasteiger partial charge is 0.508 e. The molecule has 4 N–H and O–H groups in total. The molecule has 2 aromatic rings. The van der Waals surface area contributed by atoms with Crippen LogP contribution in [0.4, 0.5) is 0 Å². The molecule has 2 aromatic carbocycles. The summed E-state index contributed by atoms with van der Waals surface area (Å²) in [6.45, 7) is 15.4. The van der Waals surface area contributed by atoms with E-state index in [1.807, 2.05) is 12.1 Å². The minimum absolute atomic E-state index is 0. The highest BCUT2D eigenvalue weighted by molar-refractivity contribution is 5.93. The van der Waals surface area contributed by atoms with E-state index >= 15 is 0 Å². The highest BCUT2D eigenvalue weighted by Crippen LogP contribution is 2.40. The Kier molecular flexibility index (Phi) is 11.7. The molecule has 0 spiro atoms. The highest BCUT2D eigenvalue weighted by atomic mass is 35.5. The number of benzene rings is 2. The number of phenolic OH excluding ortho intramolecular Hbond substituents is 2. The van der Waals surface area contributed by atoms with Crippen LogP contribution in [0.25, 0.3) is 10.8 Å². The molecule has 2 aliphatic rings. The molecule has 6 heteroatoms. The fourth-order valence-corrected chi connectivity index (χ4v) is 6.64. The zero-order valence-electron chi connectivity index (χ0n) is 24.4. The predicted molar refractivity (Wildman–Crippen MR) is 166 cm³/mol. The first kappa shape index (κ1) is 33.0. The Morgan fingerprint density at radius 3 is 1.55 bits per heavy atom. The van der Waals surface area contributed by atoms with E-state index in [1.165, 1.54) is 51.4 Å². The van der Waals surface area contributed by atoms with Crippen LogP contribution in [0.1, 0.15) is 104 Å². The molecule has 2 aliphatic carbocycles. The second-order valence-corrected chi connectivity index (χ2v) is 13.8. The van der Waals surface area contributed by atoms with Crippen LogP contribution in [0.15, 0.2) is 24.3 Å². The van der Waals surface area contributed by atoms with Crippen molar-refractivity contribution in [2.45, 2.75) is 118 Å². The van der Waals surface area contributed by atoms with Crippen LogP contribution in [0, 0.1) is 22.7 Å². The Labute approximate surface area is 243 Å². The van der Waals surface area contributed by atoms with Gasteiger partial charge in [0.2, 0.25) is 0 Å². The van der Waals surface area contributed by atoms with Gasteiger partial charge >= 0.3 is 0 Å². The molecule has 0 aromatic heterocycles. The van der Waals surface area contributed by atoms with E-state index in [-0.39, 0.29) is 24.8 Å². The summed E-state index contributed by atoms with van der Waals surface area (Å²) in [5.41, 5.74) is 2.60. The monoisotopic (exact) mass is 566 g/mol. The second-order valence-electron chi connectivity index (χ2n) is 13.8. The molecule has 2 fully saturated rings. The third kappa shape index (κ3) is 7.93. The van der Waals surface area contributed by atoms with Gasteiger partial charge in [-0.2, -0.15) is 0 Å². The van der Waals surface area contributed by atoms with E-state index in [9.17, 15) is 10.2 Å². The molecular formula is C32H52Cl2N2O2. The molecule has 0 atom stereocenters. The Hall–Kier alpha value is -1.20. The van der Waals surface area contributed by atoms with Crippen molar-refractivity contribution in [2.75, 3.05) is 0 Å². The molecule has 0 aliphatic heterocycles. The van der Waals surface area contributed by atoms with Crippen molar-refractivity contribution >= 4 is 35.6 Å². The third-order valence-corrected chi connectivity index (χ3v) is 9.40. The average Bonchev–Trinajstić information content (AvgIpc) is 2.82. The van der Waals surface area contributed by atoms with Gasteiger partial charge in [-0.1, -0.05) is 53.7 Å². The predicted octanol–water partition coefficient (Wildman–Crippen LogP) is 8.48. The number of fused-ring (bicyclic) bond motifs is 1. The molecule has 38 heavy (non-hydrogen) atoms. The second kappa shape index (κ2) is 13.4. The molecular weight excluding hydrogens is 515 g/mol. The van der Waals surface area contributed by atoms with Crippen LogP contribution in [-0.4, -0.2) is 22.3 Å². The van der Waals surface area contributed by atoms with Gasteiger partial charge in [0.05, 0.1) is 0 Å². The Morgan fingerprint density at radius 2 is 1.08 bits per heavy atom. The number of phenols is 2. The lowest BCUT2D eigenvalue weighted by Gasteiger charge is -2.37. The van der Waals surface area contributed by atoms with Crippen molar-refractivity contribution in [1.82, 2.24) is 10.6 Å². The molecule has 216 valence electrons. The van der Waals surface area contributed by atoms with Crippen molar-refractivity contribution in [3.63, 3.8) is 0 Å². The summed E-state index contributed by atoms with van der Waals surface area (Å²) >= 11 is 0. The molecule has 0 saturated heterocycles. The van der Waals surface area contributed by atoms with Crippen molar-refractivity contribution in [3.8, 4) is 11.5 Å². The summed E-state index contributed by atoms with van der Waals surface area (Å²) in [5, 5.41) is 31.0. The summed E-state index contributed by atoms with van der Waals surface area (Å²) in [7, 11) is 0. The SMILES string of the molecule is CC(C)(C)C1CCC(NCc2ccc3c(CNC4CCC(C(C)(C)C)CC4)c(O)ccc3c2O)CC1.Cl.Cl. The number of hydrogen-bond donors (Lipinski definition) is 4. The van der Waals surface area contributed by atoms with Crippen LogP contribution in [0.5, 0.6) is 11.5 Å². The number of hydrogen-bond acceptors (Lipinski definition) is 4. The van der Waals surface area contributed by atoms with Gasteiger partial charge in [-0.15, -0.1) is 24.8 Å². The number of aromatic hydroxyl groups is 2. The fraction of sp³-hybridized carbons (Fsp3) is 0.688. The summed E-state index contributed by atoms with van der Waals surface area (Å²) in [5.74, 6) is 2.24. The van der Waals surface area contributed by atoms with Crippen LogP contribution in [-0.2, 0) is 13.1 Å². The lowest BCUT2D eigenvalue weighted by atomic mass is 9.71. The van der Waals surface area contributed by atoms with Crippen molar-refractivity contribution in [1.29, 1.82) is 0 Å². The van der Waals surface area contributed by atoms with Crippen LogP contribution >= 0.6 is 24.8 Å². The van der Waals surface area contributed by atoms with E-state index in [4.69, 9.17) is 0 Å². The number of rotatable bonds is 6. The summed E-state index contributed by atoms with van der Waals surface area (Å²) in [4.78, 5) is 0. The average molecular weight is 568 g/mol. The zero-order valence-corrected chi connectivity index (χ0v) is 26.0. The van der Waals surface area contributed by atoms with E-state index in [2.05, 4.69) is 58.2 Å². The molecule has 0 bridgehead atoms. The molecule has 0 radical (unpaired) electrons. The molecule has 0 heterocycles. The van der Waals surface area contributed by atoms with Crippen molar-refractivity contribution < 1.29 is 10.2 Å².